The van der Waals surface area contributed by atoms with Gasteiger partial charge in [0.05, 0.1) is 7.11 Å². The van der Waals surface area contributed by atoms with E-state index in [0.717, 1.165) is 11.6 Å². The number of ether oxygens (including phenoxy) is 1. The van der Waals surface area contributed by atoms with Crippen molar-refractivity contribution in [2.24, 2.45) is 0 Å². The van der Waals surface area contributed by atoms with Crippen LogP contribution >= 0.6 is 0 Å². The summed E-state index contributed by atoms with van der Waals surface area (Å²) in [7, 11) is 1.55. The molecule has 0 aliphatic rings. The number of hydrogen-bond acceptors (Lipinski definition) is 3. The monoisotopic (exact) mass is 264 g/mol. The van der Waals surface area contributed by atoms with E-state index in [2.05, 4.69) is 10.3 Å². The highest BCUT2D eigenvalue weighted by atomic mass is 19.1. The Morgan fingerprint density at radius 2 is 1.95 bits per heavy atom. The molecule has 0 saturated carbocycles. The molecule has 0 saturated heterocycles. The number of nitrogens with zero attached hydrogens (tertiary/aromatic N) is 1. The number of aromatic nitrogens is 1. The maximum absolute atomic E-state index is 13.4. The van der Waals surface area contributed by atoms with Crippen molar-refractivity contribution in [2.45, 2.75) is 13.1 Å². The van der Waals surface area contributed by atoms with Gasteiger partial charge < -0.3 is 10.1 Å². The van der Waals surface area contributed by atoms with Gasteiger partial charge >= 0.3 is 0 Å². The van der Waals surface area contributed by atoms with Gasteiger partial charge in [-0.05, 0) is 12.1 Å². The molecule has 0 aliphatic heterocycles. The zero-order valence-corrected chi connectivity index (χ0v) is 10.5. The van der Waals surface area contributed by atoms with Crippen LogP contribution in [0.25, 0.3) is 0 Å². The smallest absolute Gasteiger partial charge is 0.217 e. The third-order valence-electron chi connectivity index (χ3n) is 2.69. The Hall–Kier alpha value is -2.01. The summed E-state index contributed by atoms with van der Waals surface area (Å²) in [6, 6.07) is 7.22. The van der Waals surface area contributed by atoms with E-state index in [1.807, 2.05) is 6.07 Å². The van der Waals surface area contributed by atoms with Gasteiger partial charge in [0.1, 0.15) is 11.6 Å². The Bertz CT molecular complexity index is 561. The van der Waals surface area contributed by atoms with Crippen molar-refractivity contribution in [3.8, 4) is 5.88 Å². The first-order valence-corrected chi connectivity index (χ1v) is 5.83. The van der Waals surface area contributed by atoms with Crippen molar-refractivity contribution < 1.29 is 13.5 Å². The summed E-state index contributed by atoms with van der Waals surface area (Å²) in [5.41, 5.74) is 1.30. The van der Waals surface area contributed by atoms with Crippen LogP contribution < -0.4 is 10.1 Å². The van der Waals surface area contributed by atoms with Crippen LogP contribution in [0.3, 0.4) is 0 Å². The molecule has 2 aromatic rings. The van der Waals surface area contributed by atoms with Crippen molar-refractivity contribution in [3.63, 3.8) is 0 Å². The molecule has 0 spiro atoms. The highest BCUT2D eigenvalue weighted by Crippen LogP contribution is 2.14. The van der Waals surface area contributed by atoms with Crippen LogP contribution in [0.2, 0.25) is 0 Å². The lowest BCUT2D eigenvalue weighted by Crippen LogP contribution is -2.14. The molecule has 0 bridgehead atoms. The highest BCUT2D eigenvalue weighted by molar-refractivity contribution is 5.25. The molecule has 0 fully saturated rings. The summed E-state index contributed by atoms with van der Waals surface area (Å²) in [5.74, 6) is -0.588. The van der Waals surface area contributed by atoms with E-state index in [1.165, 1.54) is 12.1 Å². The zero-order valence-electron chi connectivity index (χ0n) is 10.5. The fourth-order valence-electron chi connectivity index (χ4n) is 1.74. The quantitative estimate of drug-likeness (QED) is 0.901. The van der Waals surface area contributed by atoms with Gasteiger partial charge in [-0.3, -0.25) is 0 Å². The van der Waals surface area contributed by atoms with Crippen LogP contribution in [0.15, 0.2) is 36.5 Å². The van der Waals surface area contributed by atoms with Crippen molar-refractivity contribution in [1.29, 1.82) is 0 Å². The molecule has 0 unspecified atom stereocenters. The van der Waals surface area contributed by atoms with Crippen LogP contribution in [0.4, 0.5) is 8.78 Å². The number of pyridine rings is 1. The zero-order chi connectivity index (χ0) is 13.7. The molecule has 1 heterocycles. The summed E-state index contributed by atoms with van der Waals surface area (Å²) >= 11 is 0. The first kappa shape index (κ1) is 13.4. The molecule has 0 radical (unpaired) electrons. The molecular weight excluding hydrogens is 250 g/mol. The normalized spacial score (nSPS) is 10.5. The van der Waals surface area contributed by atoms with Crippen molar-refractivity contribution in [1.82, 2.24) is 10.3 Å². The molecule has 1 aromatic carbocycles. The molecule has 1 aromatic heterocycles. The summed E-state index contributed by atoms with van der Waals surface area (Å²) < 4.78 is 31.3. The number of rotatable bonds is 5. The lowest BCUT2D eigenvalue weighted by atomic mass is 10.2. The second kappa shape index (κ2) is 6.24. The third-order valence-corrected chi connectivity index (χ3v) is 2.69. The number of nitrogens with one attached hydrogen (secondary N) is 1. The third kappa shape index (κ3) is 3.48. The molecular formula is C14H14F2N2O. The van der Waals surface area contributed by atoms with Crippen LogP contribution in [-0.4, -0.2) is 12.1 Å². The standard InChI is InChI=1S/C14H14F2N2O/c1-19-14-11(3-2-6-18-14)9-17-8-10-4-5-12(15)7-13(10)16/h2-7,17H,8-9H2,1H3. The Labute approximate surface area is 110 Å². The minimum Gasteiger partial charge on any atom is -0.481 e. The number of hydrogen-bond donors (Lipinski definition) is 1. The summed E-state index contributed by atoms with van der Waals surface area (Å²) in [4.78, 5) is 4.07. The van der Waals surface area contributed by atoms with E-state index < -0.39 is 11.6 Å². The Balaban J connectivity index is 1.96. The van der Waals surface area contributed by atoms with E-state index in [4.69, 9.17) is 4.74 Å². The minimum absolute atomic E-state index is 0.310. The van der Waals surface area contributed by atoms with Gasteiger partial charge in [0, 0.05) is 36.5 Å². The fraction of sp³-hybridized carbons (Fsp3) is 0.214. The van der Waals surface area contributed by atoms with E-state index in [0.29, 0.717) is 24.5 Å². The van der Waals surface area contributed by atoms with Crippen molar-refractivity contribution >= 4 is 0 Å². The molecule has 0 amide bonds. The molecule has 2 rings (SSSR count). The molecule has 19 heavy (non-hydrogen) atoms. The van der Waals surface area contributed by atoms with Gasteiger partial charge in [-0.15, -0.1) is 0 Å². The lowest BCUT2D eigenvalue weighted by Gasteiger charge is -2.09. The average molecular weight is 264 g/mol. The molecule has 5 heteroatoms. The van der Waals surface area contributed by atoms with Gasteiger partial charge in [-0.2, -0.15) is 0 Å². The largest absolute Gasteiger partial charge is 0.481 e. The predicted molar refractivity (Wildman–Crippen MR) is 67.7 cm³/mol. The van der Waals surface area contributed by atoms with Gasteiger partial charge in [0.2, 0.25) is 5.88 Å². The number of benzene rings is 1. The second-order valence-corrected chi connectivity index (χ2v) is 4.01. The predicted octanol–water partition coefficient (Wildman–Crippen LogP) is 2.66. The number of methoxy groups -OCH3 is 1. The summed E-state index contributed by atoms with van der Waals surface area (Å²) in [5, 5.41) is 3.07. The number of halogens is 2. The van der Waals surface area contributed by atoms with Gasteiger partial charge in [-0.1, -0.05) is 12.1 Å². The second-order valence-electron chi connectivity index (χ2n) is 4.01. The lowest BCUT2D eigenvalue weighted by molar-refractivity contribution is 0.390. The van der Waals surface area contributed by atoms with Crippen LogP contribution in [0.1, 0.15) is 11.1 Å². The van der Waals surface area contributed by atoms with E-state index in [9.17, 15) is 8.78 Å². The van der Waals surface area contributed by atoms with E-state index in [-0.39, 0.29) is 0 Å². The maximum Gasteiger partial charge on any atom is 0.217 e. The van der Waals surface area contributed by atoms with Crippen molar-refractivity contribution in [2.75, 3.05) is 7.11 Å². The Kier molecular flexibility index (Phi) is 4.41. The molecule has 0 aliphatic carbocycles. The summed E-state index contributed by atoms with van der Waals surface area (Å²) in [6.07, 6.45) is 1.64. The van der Waals surface area contributed by atoms with Crippen LogP contribution in [0, 0.1) is 11.6 Å². The minimum atomic E-state index is -0.574. The highest BCUT2D eigenvalue weighted by Gasteiger charge is 2.05. The van der Waals surface area contributed by atoms with E-state index in [1.54, 1.807) is 19.4 Å². The van der Waals surface area contributed by atoms with Gasteiger partial charge in [0.15, 0.2) is 0 Å². The van der Waals surface area contributed by atoms with Crippen molar-refractivity contribution in [3.05, 3.63) is 59.3 Å². The Morgan fingerprint density at radius 3 is 2.68 bits per heavy atom. The maximum atomic E-state index is 13.4. The van der Waals surface area contributed by atoms with Crippen LogP contribution in [-0.2, 0) is 13.1 Å². The topological polar surface area (TPSA) is 34.1 Å². The van der Waals surface area contributed by atoms with E-state index >= 15 is 0 Å². The molecule has 3 nitrogen and oxygen atoms in total. The molecule has 100 valence electrons. The Morgan fingerprint density at radius 1 is 1.16 bits per heavy atom. The molecule has 1 N–H and O–H groups in total. The van der Waals surface area contributed by atoms with Gasteiger partial charge in [0.25, 0.3) is 0 Å². The van der Waals surface area contributed by atoms with Gasteiger partial charge in [-0.25, -0.2) is 13.8 Å². The van der Waals surface area contributed by atoms with Crippen LogP contribution in [0.5, 0.6) is 5.88 Å². The first-order chi connectivity index (χ1) is 9.20. The average Bonchev–Trinajstić information content (AvgIpc) is 2.42. The molecule has 0 atom stereocenters. The first-order valence-electron chi connectivity index (χ1n) is 5.83. The summed E-state index contributed by atoms with van der Waals surface area (Å²) in [6.45, 7) is 0.804. The SMILES string of the molecule is COc1ncccc1CNCc1ccc(F)cc1F. The fourth-order valence-corrected chi connectivity index (χ4v) is 1.74.